The van der Waals surface area contributed by atoms with E-state index in [0.717, 1.165) is 47.6 Å². The minimum Gasteiger partial charge on any atom is -0.353 e. The molecule has 1 saturated heterocycles. The highest BCUT2D eigenvalue weighted by Crippen LogP contribution is 2.25. The number of nitrogens with one attached hydrogen (secondary N) is 1. The number of nitriles is 1. The van der Waals surface area contributed by atoms with Crippen LogP contribution in [-0.2, 0) is 0 Å². The molecular formula is C25H28N6. The number of fused-ring (bicyclic) bond motifs is 1. The highest BCUT2D eigenvalue weighted by Gasteiger charge is 2.32. The maximum absolute atomic E-state index is 9.35. The number of benzene rings is 2. The first-order valence-electron chi connectivity index (χ1n) is 10.7. The normalized spacial score (nSPS) is 17.1. The lowest BCUT2D eigenvalue weighted by Gasteiger charge is -2.45. The average Bonchev–Trinajstić information content (AvgIpc) is 2.79. The second kappa shape index (κ2) is 9.05. The number of aryl methyl sites for hydroxylation is 1. The van der Waals surface area contributed by atoms with E-state index in [0.29, 0.717) is 11.9 Å². The van der Waals surface area contributed by atoms with Crippen molar-refractivity contribution >= 4 is 28.4 Å². The smallest absolute Gasteiger partial charge is 0.214 e. The van der Waals surface area contributed by atoms with Crippen LogP contribution in [0.4, 0.5) is 11.5 Å². The molecule has 1 fully saturated rings. The fourth-order valence-electron chi connectivity index (χ4n) is 4.13. The molecule has 0 bridgehead atoms. The number of pyridine rings is 1. The van der Waals surface area contributed by atoms with Gasteiger partial charge in [0, 0.05) is 30.7 Å². The largest absolute Gasteiger partial charge is 0.353 e. The van der Waals surface area contributed by atoms with Gasteiger partial charge in [0.05, 0.1) is 11.6 Å². The van der Waals surface area contributed by atoms with Crippen LogP contribution < -0.4 is 10.2 Å². The number of anilines is 2. The Morgan fingerprint density at radius 3 is 2.65 bits per heavy atom. The molecule has 31 heavy (non-hydrogen) atoms. The monoisotopic (exact) mass is 412 g/mol. The molecule has 2 aromatic carbocycles. The summed E-state index contributed by atoms with van der Waals surface area (Å²) in [5.41, 5.74) is 3.10. The molecule has 1 unspecified atom stereocenters. The molecule has 3 aromatic rings. The summed E-state index contributed by atoms with van der Waals surface area (Å²) in [4.78, 5) is 13.6. The summed E-state index contributed by atoms with van der Waals surface area (Å²) >= 11 is 0. The van der Waals surface area contributed by atoms with Crippen LogP contribution >= 0.6 is 0 Å². The molecule has 6 heteroatoms. The van der Waals surface area contributed by atoms with Gasteiger partial charge in [0.15, 0.2) is 0 Å². The summed E-state index contributed by atoms with van der Waals surface area (Å²) in [6.07, 6.45) is 1.99. The van der Waals surface area contributed by atoms with E-state index >= 15 is 0 Å². The molecule has 1 aliphatic heterocycles. The van der Waals surface area contributed by atoms with Crippen LogP contribution in [0.25, 0.3) is 10.9 Å². The standard InChI is InChI=1S/C25H28N6/c1-18(2)23-16-30(24-13-12-20-9-5-7-11-22(20)28-24)14-15-31(23)25(27-17-26)29-21-10-6-4-8-19(21)3/h4-13,18,23H,14-16H2,1-3H3,(H,27,29). The first-order valence-corrected chi connectivity index (χ1v) is 10.7. The summed E-state index contributed by atoms with van der Waals surface area (Å²) in [7, 11) is 0. The van der Waals surface area contributed by atoms with Gasteiger partial charge >= 0.3 is 0 Å². The number of nitrogens with zero attached hydrogens (tertiary/aromatic N) is 5. The summed E-state index contributed by atoms with van der Waals surface area (Å²) < 4.78 is 0. The van der Waals surface area contributed by atoms with Gasteiger partial charge in [0.25, 0.3) is 0 Å². The Morgan fingerprint density at radius 2 is 1.87 bits per heavy atom. The molecule has 0 saturated carbocycles. The third-order valence-electron chi connectivity index (χ3n) is 5.92. The zero-order valence-electron chi connectivity index (χ0n) is 18.3. The molecule has 6 nitrogen and oxygen atoms in total. The van der Waals surface area contributed by atoms with Crippen LogP contribution in [0.2, 0.25) is 0 Å². The molecule has 0 radical (unpaired) electrons. The van der Waals surface area contributed by atoms with Crippen LogP contribution in [0.15, 0.2) is 65.7 Å². The van der Waals surface area contributed by atoms with Gasteiger partial charge in [0.1, 0.15) is 5.82 Å². The Balaban J connectivity index is 1.59. The van der Waals surface area contributed by atoms with Gasteiger partial charge in [-0.2, -0.15) is 5.26 Å². The molecule has 4 rings (SSSR count). The van der Waals surface area contributed by atoms with Gasteiger partial charge in [-0.05, 0) is 42.7 Å². The number of para-hydroxylation sites is 2. The zero-order valence-corrected chi connectivity index (χ0v) is 18.3. The number of hydrogen-bond acceptors (Lipinski definition) is 4. The van der Waals surface area contributed by atoms with Gasteiger partial charge < -0.3 is 15.1 Å². The minimum absolute atomic E-state index is 0.200. The average molecular weight is 413 g/mol. The third-order valence-corrected chi connectivity index (χ3v) is 5.92. The lowest BCUT2D eigenvalue weighted by Crippen LogP contribution is -2.58. The van der Waals surface area contributed by atoms with Gasteiger partial charge in [-0.15, -0.1) is 4.99 Å². The second-order valence-electron chi connectivity index (χ2n) is 8.29. The maximum Gasteiger partial charge on any atom is 0.214 e. The Hall–Kier alpha value is -3.59. The van der Waals surface area contributed by atoms with E-state index in [-0.39, 0.29) is 6.04 Å². The van der Waals surface area contributed by atoms with Crippen molar-refractivity contribution in [1.82, 2.24) is 9.88 Å². The number of rotatable bonds is 3. The van der Waals surface area contributed by atoms with Crippen molar-refractivity contribution in [3.8, 4) is 6.19 Å². The van der Waals surface area contributed by atoms with E-state index in [9.17, 15) is 5.26 Å². The highest BCUT2D eigenvalue weighted by molar-refractivity contribution is 5.95. The molecule has 0 amide bonds. The number of aliphatic imine (C=N–C) groups is 1. The summed E-state index contributed by atoms with van der Waals surface area (Å²) in [5.74, 6) is 1.99. The van der Waals surface area contributed by atoms with E-state index in [1.54, 1.807) is 0 Å². The Labute approximate surface area is 183 Å². The summed E-state index contributed by atoms with van der Waals surface area (Å²) in [6, 6.07) is 20.7. The van der Waals surface area contributed by atoms with Crippen molar-refractivity contribution in [3.63, 3.8) is 0 Å². The van der Waals surface area contributed by atoms with Crippen LogP contribution in [-0.4, -0.2) is 41.5 Å². The number of hydrogen-bond donors (Lipinski definition) is 1. The molecule has 1 N–H and O–H groups in total. The Bertz CT molecular complexity index is 1130. The van der Waals surface area contributed by atoms with Crippen molar-refractivity contribution in [2.75, 3.05) is 29.9 Å². The molecule has 0 spiro atoms. The third kappa shape index (κ3) is 4.46. The van der Waals surface area contributed by atoms with Crippen molar-refractivity contribution in [3.05, 3.63) is 66.2 Å². The van der Waals surface area contributed by atoms with Gasteiger partial charge in [-0.3, -0.25) is 0 Å². The van der Waals surface area contributed by atoms with E-state index in [1.807, 2.05) is 36.5 Å². The highest BCUT2D eigenvalue weighted by atomic mass is 15.4. The fourth-order valence-corrected chi connectivity index (χ4v) is 4.13. The number of piperazine rings is 1. The molecule has 1 aliphatic rings. The van der Waals surface area contributed by atoms with E-state index in [2.05, 4.69) is 71.2 Å². The molecule has 0 aliphatic carbocycles. The minimum atomic E-state index is 0.200. The lowest BCUT2D eigenvalue weighted by atomic mass is 9.99. The predicted octanol–water partition coefficient (Wildman–Crippen LogP) is 4.64. The van der Waals surface area contributed by atoms with Crippen molar-refractivity contribution in [1.29, 1.82) is 5.26 Å². The Kier molecular flexibility index (Phi) is 6.03. The molecule has 2 heterocycles. The van der Waals surface area contributed by atoms with Gasteiger partial charge in [-0.25, -0.2) is 4.98 Å². The molecule has 1 aromatic heterocycles. The first kappa shape index (κ1) is 20.7. The van der Waals surface area contributed by atoms with E-state index < -0.39 is 0 Å². The summed E-state index contributed by atoms with van der Waals surface area (Å²) in [6.45, 7) is 8.88. The first-order chi connectivity index (χ1) is 15.1. The van der Waals surface area contributed by atoms with Crippen molar-refractivity contribution in [2.24, 2.45) is 10.9 Å². The fraction of sp³-hybridized carbons (Fsp3) is 0.320. The molecular weight excluding hydrogens is 384 g/mol. The van der Waals surface area contributed by atoms with Crippen LogP contribution in [0, 0.1) is 24.3 Å². The van der Waals surface area contributed by atoms with Gasteiger partial charge in [0.2, 0.25) is 12.2 Å². The van der Waals surface area contributed by atoms with E-state index in [1.165, 1.54) is 0 Å². The molecule has 158 valence electrons. The van der Waals surface area contributed by atoms with Gasteiger partial charge in [-0.1, -0.05) is 50.2 Å². The van der Waals surface area contributed by atoms with Crippen LogP contribution in [0.5, 0.6) is 0 Å². The summed E-state index contributed by atoms with van der Waals surface area (Å²) in [5, 5.41) is 13.9. The van der Waals surface area contributed by atoms with E-state index in [4.69, 9.17) is 4.98 Å². The quantitative estimate of drug-likeness (QED) is 0.386. The second-order valence-corrected chi connectivity index (χ2v) is 8.29. The lowest BCUT2D eigenvalue weighted by molar-refractivity contribution is 0.224. The number of aromatic nitrogens is 1. The van der Waals surface area contributed by atoms with Crippen LogP contribution in [0.3, 0.4) is 0 Å². The molecule has 1 atom stereocenters. The Morgan fingerprint density at radius 1 is 1.10 bits per heavy atom. The maximum atomic E-state index is 9.35. The SMILES string of the molecule is Cc1ccccc1N/C(=N/C#N)N1CCN(c2ccc3ccccc3n2)CC1C(C)C. The zero-order chi connectivity index (χ0) is 21.8. The van der Waals surface area contributed by atoms with Crippen molar-refractivity contribution in [2.45, 2.75) is 26.8 Å². The topological polar surface area (TPSA) is 67.6 Å². The van der Waals surface area contributed by atoms with Crippen LogP contribution in [0.1, 0.15) is 19.4 Å². The predicted molar refractivity (Wildman–Crippen MR) is 127 cm³/mol. The number of guanidine groups is 1. The van der Waals surface area contributed by atoms with Crippen molar-refractivity contribution < 1.29 is 0 Å².